The van der Waals surface area contributed by atoms with Crippen molar-refractivity contribution in [2.24, 2.45) is 0 Å². The number of halogens is 1. The monoisotopic (exact) mass is 375 g/mol. The van der Waals surface area contributed by atoms with Gasteiger partial charge in [-0.25, -0.2) is 4.79 Å². The van der Waals surface area contributed by atoms with Crippen LogP contribution < -0.4 is 10.2 Å². The molecule has 0 atom stereocenters. The summed E-state index contributed by atoms with van der Waals surface area (Å²) in [6.07, 6.45) is 2.03. The average Bonchev–Trinajstić information content (AvgIpc) is 2.64. The van der Waals surface area contributed by atoms with Gasteiger partial charge < -0.3 is 15.1 Å². The van der Waals surface area contributed by atoms with Gasteiger partial charge >= 0.3 is 6.03 Å². The molecule has 2 aromatic carbocycles. The van der Waals surface area contributed by atoms with Crippen LogP contribution in [0.15, 0.2) is 47.4 Å². The zero-order valence-corrected chi connectivity index (χ0v) is 16.0. The number of urea groups is 1. The van der Waals surface area contributed by atoms with E-state index < -0.39 is 0 Å². The van der Waals surface area contributed by atoms with Crippen LogP contribution in [0.25, 0.3) is 0 Å². The smallest absolute Gasteiger partial charge is 0.321 e. The number of aryl methyl sites for hydroxylation is 1. The molecule has 132 valence electrons. The molecule has 3 rings (SSSR count). The maximum atomic E-state index is 12.5. The highest BCUT2D eigenvalue weighted by Gasteiger charge is 2.22. The van der Waals surface area contributed by atoms with Crippen molar-refractivity contribution in [3.8, 4) is 0 Å². The van der Waals surface area contributed by atoms with E-state index in [0.717, 1.165) is 34.4 Å². The largest absolute Gasteiger partial charge is 0.368 e. The molecule has 6 heteroatoms. The highest BCUT2D eigenvalue weighted by molar-refractivity contribution is 7.98. The number of piperazine rings is 1. The molecule has 4 nitrogen and oxygen atoms in total. The third kappa shape index (κ3) is 4.41. The third-order valence-corrected chi connectivity index (χ3v) is 5.36. The second-order valence-corrected chi connectivity index (χ2v) is 7.38. The molecule has 1 N–H and O–H groups in total. The van der Waals surface area contributed by atoms with Crippen LogP contribution in [-0.4, -0.2) is 43.4 Å². The van der Waals surface area contributed by atoms with Gasteiger partial charge in [0.15, 0.2) is 0 Å². The molecule has 0 saturated carbocycles. The number of amides is 2. The number of carbonyl (C=O) groups is 1. The Bertz CT molecular complexity index is 760. The Hall–Kier alpha value is -1.85. The van der Waals surface area contributed by atoms with E-state index in [1.807, 2.05) is 53.6 Å². The van der Waals surface area contributed by atoms with Crippen molar-refractivity contribution in [2.75, 3.05) is 42.7 Å². The van der Waals surface area contributed by atoms with Crippen LogP contribution >= 0.6 is 23.4 Å². The molecule has 0 aromatic heterocycles. The highest BCUT2D eigenvalue weighted by atomic mass is 35.5. The Kier molecular flexibility index (Phi) is 5.76. The molecule has 25 heavy (non-hydrogen) atoms. The molecule has 0 radical (unpaired) electrons. The fourth-order valence-corrected chi connectivity index (χ4v) is 3.60. The van der Waals surface area contributed by atoms with Crippen molar-refractivity contribution < 1.29 is 4.79 Å². The van der Waals surface area contributed by atoms with Crippen molar-refractivity contribution in [2.45, 2.75) is 11.8 Å². The summed E-state index contributed by atoms with van der Waals surface area (Å²) in [5.74, 6) is 0. The molecular weight excluding hydrogens is 354 g/mol. The van der Waals surface area contributed by atoms with Crippen LogP contribution in [0.4, 0.5) is 16.2 Å². The van der Waals surface area contributed by atoms with E-state index in [-0.39, 0.29) is 6.03 Å². The summed E-state index contributed by atoms with van der Waals surface area (Å²) in [6.45, 7) is 5.09. The van der Waals surface area contributed by atoms with Crippen molar-refractivity contribution in [1.29, 1.82) is 0 Å². The number of hydrogen-bond acceptors (Lipinski definition) is 3. The van der Waals surface area contributed by atoms with E-state index in [9.17, 15) is 4.79 Å². The SMILES string of the molecule is CSc1cccc(NC(=O)N2CCN(c3cc(Cl)ccc3C)CC2)c1. The zero-order chi connectivity index (χ0) is 17.8. The normalized spacial score (nSPS) is 14.5. The number of thioether (sulfide) groups is 1. The minimum Gasteiger partial charge on any atom is -0.368 e. The lowest BCUT2D eigenvalue weighted by Gasteiger charge is -2.36. The van der Waals surface area contributed by atoms with Gasteiger partial charge in [0.2, 0.25) is 0 Å². The van der Waals surface area contributed by atoms with Crippen LogP contribution in [0.2, 0.25) is 5.02 Å². The molecule has 2 amide bonds. The first-order valence-corrected chi connectivity index (χ1v) is 9.88. The van der Waals surface area contributed by atoms with E-state index in [4.69, 9.17) is 11.6 Å². The van der Waals surface area contributed by atoms with Crippen molar-refractivity contribution in [3.63, 3.8) is 0 Å². The Morgan fingerprint density at radius 2 is 1.88 bits per heavy atom. The van der Waals surface area contributed by atoms with Crippen molar-refractivity contribution in [1.82, 2.24) is 4.90 Å². The predicted molar refractivity (Wildman–Crippen MR) is 107 cm³/mol. The van der Waals surface area contributed by atoms with Gasteiger partial charge in [0.25, 0.3) is 0 Å². The lowest BCUT2D eigenvalue weighted by molar-refractivity contribution is 0.208. The fraction of sp³-hybridized carbons (Fsp3) is 0.316. The van der Waals surface area contributed by atoms with Crippen LogP contribution in [0.3, 0.4) is 0 Å². The van der Waals surface area contributed by atoms with Gasteiger partial charge in [0, 0.05) is 47.5 Å². The minimum atomic E-state index is -0.0410. The molecule has 1 heterocycles. The molecule has 1 aliphatic heterocycles. The zero-order valence-electron chi connectivity index (χ0n) is 14.5. The van der Waals surface area contributed by atoms with Crippen molar-refractivity contribution >= 4 is 40.8 Å². The Labute approximate surface area is 158 Å². The second kappa shape index (κ2) is 8.02. The first-order valence-electron chi connectivity index (χ1n) is 8.28. The lowest BCUT2D eigenvalue weighted by Crippen LogP contribution is -2.50. The molecule has 1 fully saturated rings. The minimum absolute atomic E-state index is 0.0410. The van der Waals surface area contributed by atoms with Gasteiger partial charge in [-0.2, -0.15) is 0 Å². The molecule has 1 saturated heterocycles. The Morgan fingerprint density at radius 1 is 1.12 bits per heavy atom. The molecule has 0 unspecified atom stereocenters. The number of nitrogens with one attached hydrogen (secondary N) is 1. The van der Waals surface area contributed by atoms with Gasteiger partial charge in [0.1, 0.15) is 0 Å². The van der Waals surface area contributed by atoms with Gasteiger partial charge in [-0.15, -0.1) is 11.8 Å². The van der Waals surface area contributed by atoms with Gasteiger partial charge in [-0.3, -0.25) is 0 Å². The number of benzene rings is 2. The predicted octanol–water partition coefficient (Wildman–Crippen LogP) is 4.72. The maximum absolute atomic E-state index is 12.5. The highest BCUT2D eigenvalue weighted by Crippen LogP contribution is 2.25. The van der Waals surface area contributed by atoms with E-state index >= 15 is 0 Å². The topological polar surface area (TPSA) is 35.6 Å². The summed E-state index contributed by atoms with van der Waals surface area (Å²) in [6, 6.07) is 13.8. The molecular formula is C19H22ClN3OS. The second-order valence-electron chi connectivity index (χ2n) is 6.07. The summed E-state index contributed by atoms with van der Waals surface area (Å²) in [4.78, 5) is 17.8. The number of anilines is 2. The van der Waals surface area contributed by atoms with Crippen LogP contribution in [0.5, 0.6) is 0 Å². The Morgan fingerprint density at radius 3 is 2.60 bits per heavy atom. The van der Waals surface area contributed by atoms with E-state index in [0.29, 0.717) is 13.1 Å². The van der Waals surface area contributed by atoms with Gasteiger partial charge in [0.05, 0.1) is 0 Å². The molecule has 1 aliphatic rings. The quantitative estimate of drug-likeness (QED) is 0.788. The maximum Gasteiger partial charge on any atom is 0.321 e. The van der Waals surface area contributed by atoms with Crippen LogP contribution in [0, 0.1) is 6.92 Å². The number of hydrogen-bond donors (Lipinski definition) is 1. The third-order valence-electron chi connectivity index (χ3n) is 4.40. The van der Waals surface area contributed by atoms with Crippen LogP contribution in [-0.2, 0) is 0 Å². The Balaban J connectivity index is 1.60. The molecule has 2 aromatic rings. The number of nitrogens with zero attached hydrogens (tertiary/aromatic N) is 2. The molecule has 0 spiro atoms. The average molecular weight is 376 g/mol. The lowest BCUT2D eigenvalue weighted by atomic mass is 10.1. The molecule has 0 aliphatic carbocycles. The van der Waals surface area contributed by atoms with Gasteiger partial charge in [-0.05, 0) is 49.1 Å². The van der Waals surface area contributed by atoms with Crippen molar-refractivity contribution in [3.05, 3.63) is 53.1 Å². The summed E-state index contributed by atoms with van der Waals surface area (Å²) in [5, 5.41) is 3.74. The molecule has 0 bridgehead atoms. The van der Waals surface area contributed by atoms with E-state index in [1.54, 1.807) is 11.8 Å². The van der Waals surface area contributed by atoms with E-state index in [1.165, 1.54) is 5.56 Å². The standard InChI is InChI=1S/C19H22ClN3OS/c1-14-6-7-15(20)12-18(14)22-8-10-23(11-9-22)19(24)21-16-4-3-5-17(13-16)25-2/h3-7,12-13H,8-11H2,1-2H3,(H,21,24). The fourth-order valence-electron chi connectivity index (χ4n) is 2.98. The first-order chi connectivity index (χ1) is 12.1. The number of carbonyl (C=O) groups excluding carboxylic acids is 1. The summed E-state index contributed by atoms with van der Waals surface area (Å²) < 4.78 is 0. The first kappa shape index (κ1) is 18.0. The summed E-state index contributed by atoms with van der Waals surface area (Å²) >= 11 is 7.79. The van der Waals surface area contributed by atoms with E-state index in [2.05, 4.69) is 17.1 Å². The summed E-state index contributed by atoms with van der Waals surface area (Å²) in [7, 11) is 0. The van der Waals surface area contributed by atoms with Crippen LogP contribution in [0.1, 0.15) is 5.56 Å². The summed E-state index contributed by atoms with van der Waals surface area (Å²) in [5.41, 5.74) is 3.20. The van der Waals surface area contributed by atoms with Gasteiger partial charge in [-0.1, -0.05) is 23.7 Å². The number of rotatable bonds is 3.